The minimum absolute atomic E-state index is 0.0318. The summed E-state index contributed by atoms with van der Waals surface area (Å²) < 4.78 is 57.9. The number of nitrogens with one attached hydrogen (secondary N) is 2. The molecule has 0 unspecified atom stereocenters. The smallest absolute Gasteiger partial charge is 0.356 e. The first-order valence-electron chi connectivity index (χ1n) is 6.73. The molecule has 134 valence electrons. The van der Waals surface area contributed by atoms with Crippen molar-refractivity contribution in [3.05, 3.63) is 29.8 Å². The van der Waals surface area contributed by atoms with Crippen LogP contribution in [-0.2, 0) is 26.0 Å². The zero-order valence-corrected chi connectivity index (χ0v) is 13.2. The van der Waals surface area contributed by atoms with Crippen LogP contribution < -0.4 is 15.8 Å². The van der Waals surface area contributed by atoms with E-state index in [9.17, 15) is 31.2 Å². The number of carbonyl (C=O) groups is 2. The highest BCUT2D eigenvalue weighted by Crippen LogP contribution is 2.13. The molecule has 0 aliphatic carbocycles. The molecule has 24 heavy (non-hydrogen) atoms. The molecule has 0 atom stereocenters. The molecule has 1 aromatic rings. The summed E-state index contributed by atoms with van der Waals surface area (Å²) in [6.07, 6.45) is -4.86. The fourth-order valence-electron chi connectivity index (χ4n) is 1.67. The lowest BCUT2D eigenvalue weighted by atomic mass is 10.1. The molecule has 2 amide bonds. The summed E-state index contributed by atoms with van der Waals surface area (Å²) in [6.45, 7) is -0.214. The van der Waals surface area contributed by atoms with E-state index >= 15 is 0 Å². The number of amides is 2. The van der Waals surface area contributed by atoms with Gasteiger partial charge in [-0.15, -0.1) is 0 Å². The number of alkyl halides is 3. The standard InChI is InChI=1S/C13H16F3N3O4S/c14-13(15,16)12(21)19-8-6-11(20)18-7-5-9-1-3-10(4-2-9)24(17,22)23/h1-4H,5-8H2,(H,18,20)(H,19,21)(H2,17,22,23). The lowest BCUT2D eigenvalue weighted by Gasteiger charge is -2.08. The number of hydrogen-bond donors (Lipinski definition) is 3. The summed E-state index contributed by atoms with van der Waals surface area (Å²) in [5.41, 5.74) is 0.744. The second-order valence-electron chi connectivity index (χ2n) is 4.79. The summed E-state index contributed by atoms with van der Waals surface area (Å²) >= 11 is 0. The number of carbonyl (C=O) groups excluding carboxylic acids is 2. The van der Waals surface area contributed by atoms with Crippen LogP contribution in [0, 0.1) is 0 Å². The number of primary sulfonamides is 1. The van der Waals surface area contributed by atoms with Gasteiger partial charge >= 0.3 is 12.1 Å². The monoisotopic (exact) mass is 367 g/mol. The van der Waals surface area contributed by atoms with Crippen LogP contribution in [0.4, 0.5) is 13.2 Å². The third-order valence-electron chi connectivity index (χ3n) is 2.88. The Hall–Kier alpha value is -2.14. The zero-order chi connectivity index (χ0) is 18.4. The van der Waals surface area contributed by atoms with Gasteiger partial charge in [-0.2, -0.15) is 13.2 Å². The first-order chi connectivity index (χ1) is 11.0. The van der Waals surface area contributed by atoms with Gasteiger partial charge in [0.1, 0.15) is 0 Å². The maximum Gasteiger partial charge on any atom is 0.471 e. The lowest BCUT2D eigenvalue weighted by molar-refractivity contribution is -0.173. The van der Waals surface area contributed by atoms with Gasteiger partial charge in [0, 0.05) is 19.5 Å². The average molecular weight is 367 g/mol. The summed E-state index contributed by atoms with van der Waals surface area (Å²) in [7, 11) is -3.77. The van der Waals surface area contributed by atoms with Crippen LogP contribution in [-0.4, -0.2) is 39.5 Å². The molecule has 11 heteroatoms. The molecule has 1 rings (SSSR count). The quantitative estimate of drug-likeness (QED) is 0.631. The molecular weight excluding hydrogens is 351 g/mol. The zero-order valence-electron chi connectivity index (χ0n) is 12.4. The van der Waals surface area contributed by atoms with E-state index in [-0.39, 0.29) is 17.9 Å². The predicted octanol–water partition coefficient (Wildman–Crippen LogP) is 0.0613. The molecule has 7 nitrogen and oxygen atoms in total. The lowest BCUT2D eigenvalue weighted by Crippen LogP contribution is -2.39. The molecular formula is C13H16F3N3O4S. The minimum Gasteiger partial charge on any atom is -0.356 e. The fourth-order valence-corrected chi connectivity index (χ4v) is 2.19. The van der Waals surface area contributed by atoms with Crippen molar-refractivity contribution in [2.75, 3.05) is 13.1 Å². The van der Waals surface area contributed by atoms with Gasteiger partial charge in [0.25, 0.3) is 0 Å². The SMILES string of the molecule is NS(=O)(=O)c1ccc(CCNC(=O)CCNC(=O)C(F)(F)F)cc1. The summed E-state index contributed by atoms with van der Waals surface area (Å²) in [5.74, 6) is -2.61. The van der Waals surface area contributed by atoms with E-state index in [0.717, 1.165) is 5.56 Å². The molecule has 0 radical (unpaired) electrons. The van der Waals surface area contributed by atoms with E-state index in [0.29, 0.717) is 6.42 Å². The Morgan fingerprint density at radius 3 is 2.12 bits per heavy atom. The van der Waals surface area contributed by atoms with Crippen molar-refractivity contribution >= 4 is 21.8 Å². The summed E-state index contributed by atoms with van der Waals surface area (Å²) in [4.78, 5) is 21.9. The number of nitrogens with two attached hydrogens (primary N) is 1. The molecule has 0 saturated heterocycles. The topological polar surface area (TPSA) is 118 Å². The highest BCUT2D eigenvalue weighted by atomic mass is 32.2. The molecule has 1 aromatic carbocycles. The Morgan fingerprint density at radius 2 is 1.62 bits per heavy atom. The van der Waals surface area contributed by atoms with Gasteiger partial charge in [0.15, 0.2) is 0 Å². The molecule has 4 N–H and O–H groups in total. The van der Waals surface area contributed by atoms with Gasteiger partial charge in [0.2, 0.25) is 15.9 Å². The van der Waals surface area contributed by atoms with Gasteiger partial charge in [-0.3, -0.25) is 9.59 Å². The number of halogens is 3. The van der Waals surface area contributed by atoms with Gasteiger partial charge in [-0.05, 0) is 24.1 Å². The van der Waals surface area contributed by atoms with E-state index in [4.69, 9.17) is 5.14 Å². The first-order valence-corrected chi connectivity index (χ1v) is 8.28. The van der Waals surface area contributed by atoms with Crippen LogP contribution >= 0.6 is 0 Å². The summed E-state index contributed by atoms with van der Waals surface area (Å²) in [5, 5.41) is 9.02. The van der Waals surface area contributed by atoms with Crippen molar-refractivity contribution in [1.82, 2.24) is 10.6 Å². The van der Waals surface area contributed by atoms with E-state index in [1.54, 1.807) is 5.32 Å². The van der Waals surface area contributed by atoms with Crippen molar-refractivity contribution in [2.24, 2.45) is 5.14 Å². The first kappa shape index (κ1) is 19.9. The molecule has 0 fully saturated rings. The Bertz CT molecular complexity index is 687. The molecule has 0 heterocycles. The molecule has 0 aromatic heterocycles. The maximum atomic E-state index is 11.9. The largest absolute Gasteiger partial charge is 0.471 e. The number of benzene rings is 1. The van der Waals surface area contributed by atoms with Crippen LogP contribution in [0.2, 0.25) is 0 Å². The third-order valence-corrected chi connectivity index (χ3v) is 3.81. The highest BCUT2D eigenvalue weighted by molar-refractivity contribution is 7.89. The second kappa shape index (κ2) is 8.11. The number of sulfonamides is 1. The van der Waals surface area contributed by atoms with Crippen molar-refractivity contribution in [3.63, 3.8) is 0 Å². The Morgan fingerprint density at radius 1 is 1.04 bits per heavy atom. The van der Waals surface area contributed by atoms with E-state index in [2.05, 4.69) is 5.32 Å². The Balaban J connectivity index is 2.30. The fraction of sp³-hybridized carbons (Fsp3) is 0.385. The van der Waals surface area contributed by atoms with Crippen LogP contribution in [0.3, 0.4) is 0 Å². The van der Waals surface area contributed by atoms with Crippen molar-refractivity contribution < 1.29 is 31.2 Å². The van der Waals surface area contributed by atoms with E-state index in [1.807, 2.05) is 0 Å². The van der Waals surface area contributed by atoms with E-state index in [1.165, 1.54) is 24.3 Å². The summed E-state index contributed by atoms with van der Waals surface area (Å²) in [6, 6.07) is 5.74. The van der Waals surface area contributed by atoms with Gasteiger partial charge in [-0.1, -0.05) is 12.1 Å². The van der Waals surface area contributed by atoms with Crippen LogP contribution in [0.25, 0.3) is 0 Å². The third kappa shape index (κ3) is 6.96. The van der Waals surface area contributed by atoms with Gasteiger partial charge in [0.05, 0.1) is 4.90 Å². The highest BCUT2D eigenvalue weighted by Gasteiger charge is 2.38. The predicted molar refractivity (Wildman–Crippen MR) is 78.2 cm³/mol. The minimum atomic E-state index is -4.97. The van der Waals surface area contributed by atoms with Crippen LogP contribution in [0.5, 0.6) is 0 Å². The maximum absolute atomic E-state index is 11.9. The normalized spacial score (nSPS) is 11.8. The number of rotatable bonds is 7. The van der Waals surface area contributed by atoms with Crippen molar-refractivity contribution in [1.29, 1.82) is 0 Å². The average Bonchev–Trinajstić information content (AvgIpc) is 2.45. The van der Waals surface area contributed by atoms with Gasteiger partial charge in [-0.25, -0.2) is 13.6 Å². The van der Waals surface area contributed by atoms with E-state index < -0.39 is 34.6 Å². The molecule has 0 spiro atoms. The van der Waals surface area contributed by atoms with Crippen molar-refractivity contribution in [3.8, 4) is 0 Å². The van der Waals surface area contributed by atoms with Crippen LogP contribution in [0.15, 0.2) is 29.2 Å². The molecule has 0 aliphatic rings. The van der Waals surface area contributed by atoms with Crippen molar-refractivity contribution in [2.45, 2.75) is 23.9 Å². The Labute approximate surface area is 136 Å². The second-order valence-corrected chi connectivity index (χ2v) is 6.35. The Kier molecular flexibility index (Phi) is 6.72. The number of hydrogen-bond acceptors (Lipinski definition) is 4. The van der Waals surface area contributed by atoms with Gasteiger partial charge < -0.3 is 10.6 Å². The molecule has 0 bridgehead atoms. The molecule has 0 aliphatic heterocycles. The van der Waals surface area contributed by atoms with Crippen LogP contribution in [0.1, 0.15) is 12.0 Å². The molecule has 0 saturated carbocycles.